The number of rotatable bonds is 9. The number of aromatic nitrogens is 1. The first-order valence-electron chi connectivity index (χ1n) is 28.0. The van der Waals surface area contributed by atoms with Gasteiger partial charge in [-0.2, -0.15) is 0 Å². The molecule has 0 radical (unpaired) electrons. The van der Waals surface area contributed by atoms with E-state index in [4.69, 9.17) is 14.4 Å². The number of hydrogen-bond donors (Lipinski definition) is 1. The van der Waals surface area contributed by atoms with Crippen molar-refractivity contribution >= 4 is 77.0 Å². The van der Waals surface area contributed by atoms with E-state index in [1.807, 2.05) is 6.07 Å². The van der Waals surface area contributed by atoms with Crippen LogP contribution in [0.5, 0.6) is 0 Å². The molecule has 5 heteroatoms. The van der Waals surface area contributed by atoms with Gasteiger partial charge < -0.3 is 14.3 Å². The van der Waals surface area contributed by atoms with E-state index in [2.05, 4.69) is 295 Å². The highest BCUT2D eigenvalue weighted by atomic mass is 16.3. The molecule has 0 saturated heterocycles. The van der Waals surface area contributed by atoms with Gasteiger partial charge in [0.25, 0.3) is 0 Å². The first kappa shape index (κ1) is 47.1. The molecule has 0 fully saturated rings. The molecule has 15 aromatic rings. The van der Waals surface area contributed by atoms with Crippen LogP contribution < -0.4 is 5.32 Å². The molecule has 82 heavy (non-hydrogen) atoms. The largest absolute Gasteiger partial charge is 0.456 e. The van der Waals surface area contributed by atoms with Crippen LogP contribution >= 0.6 is 0 Å². The van der Waals surface area contributed by atoms with Crippen LogP contribution in [0.1, 0.15) is 22.9 Å². The van der Waals surface area contributed by atoms with Crippen molar-refractivity contribution in [1.82, 2.24) is 9.88 Å². The fraction of sp³-hybridized carbons (Fsp3) is 0.0130. The molecule has 0 spiro atoms. The highest BCUT2D eigenvalue weighted by Crippen LogP contribution is 2.43. The summed E-state index contributed by atoms with van der Waals surface area (Å²) in [7, 11) is 0. The van der Waals surface area contributed by atoms with Crippen LogP contribution in [0.25, 0.3) is 127 Å². The Balaban J connectivity index is 0.871. The molecule has 384 valence electrons. The smallest absolute Gasteiger partial charge is 0.160 e. The quantitative estimate of drug-likeness (QED) is 0.157. The summed E-state index contributed by atoms with van der Waals surface area (Å²) in [5, 5.41) is 13.2. The molecule has 1 aliphatic heterocycles. The lowest BCUT2D eigenvalue weighted by molar-refractivity contribution is 0.669. The Bertz CT molecular complexity index is 5020. The maximum Gasteiger partial charge on any atom is 0.160 e. The van der Waals surface area contributed by atoms with Crippen LogP contribution in [0, 0.1) is 0 Å². The molecule has 1 N–H and O–H groups in total. The molecule has 13 aromatic carbocycles. The fourth-order valence-electron chi connectivity index (χ4n) is 12.4. The number of aliphatic imine (C=N–C) groups is 2. The molecule has 16 rings (SSSR count). The molecule has 1 atom stereocenters. The van der Waals surface area contributed by atoms with Crippen LogP contribution in [-0.4, -0.2) is 16.2 Å². The Morgan fingerprint density at radius 2 is 0.854 bits per heavy atom. The monoisotopic (exact) mass is 1050 g/mol. The molecule has 0 bridgehead atoms. The first-order valence-corrected chi connectivity index (χ1v) is 28.0. The number of para-hydroxylation sites is 1. The highest BCUT2D eigenvalue weighted by molar-refractivity contribution is 6.24. The Kier molecular flexibility index (Phi) is 11.2. The minimum absolute atomic E-state index is 0.459. The highest BCUT2D eigenvalue weighted by Gasteiger charge is 2.26. The minimum Gasteiger partial charge on any atom is -0.456 e. The van der Waals surface area contributed by atoms with Gasteiger partial charge in [-0.1, -0.05) is 243 Å². The number of hydrogen-bond acceptors (Lipinski definition) is 4. The van der Waals surface area contributed by atoms with E-state index in [-0.39, 0.29) is 0 Å². The van der Waals surface area contributed by atoms with Crippen LogP contribution in [-0.2, 0) is 0 Å². The van der Waals surface area contributed by atoms with Crippen LogP contribution in [0.4, 0.5) is 0 Å². The molecular weight excluding hydrogens is 997 g/mol. The second-order valence-electron chi connectivity index (χ2n) is 21.3. The number of amidine groups is 2. The molecule has 5 nitrogen and oxygen atoms in total. The Labute approximate surface area is 474 Å². The summed E-state index contributed by atoms with van der Waals surface area (Å²) in [5.74, 6) is 1.37. The maximum atomic E-state index is 6.61. The van der Waals surface area contributed by atoms with E-state index in [9.17, 15) is 0 Å². The molecule has 1 aliphatic rings. The van der Waals surface area contributed by atoms with E-state index in [1.54, 1.807) is 0 Å². The number of nitrogens with one attached hydrogen (secondary N) is 1. The Morgan fingerprint density at radius 3 is 1.50 bits per heavy atom. The zero-order valence-corrected chi connectivity index (χ0v) is 44.5. The van der Waals surface area contributed by atoms with Crippen molar-refractivity contribution in [2.24, 2.45) is 9.98 Å². The molecule has 2 aromatic heterocycles. The second kappa shape index (κ2) is 19.5. The fourth-order valence-corrected chi connectivity index (χ4v) is 12.4. The van der Waals surface area contributed by atoms with Crippen molar-refractivity contribution in [3.05, 3.63) is 308 Å². The van der Waals surface area contributed by atoms with Crippen molar-refractivity contribution in [2.75, 3.05) is 0 Å². The van der Waals surface area contributed by atoms with Gasteiger partial charge in [-0.05, 0) is 131 Å². The van der Waals surface area contributed by atoms with E-state index >= 15 is 0 Å². The Hall–Kier alpha value is -10.9. The second-order valence-corrected chi connectivity index (χ2v) is 21.3. The third-order valence-electron chi connectivity index (χ3n) is 16.5. The third-order valence-corrected chi connectivity index (χ3v) is 16.5. The van der Waals surface area contributed by atoms with Crippen LogP contribution in [0.3, 0.4) is 0 Å². The summed E-state index contributed by atoms with van der Waals surface area (Å²) in [4.78, 5) is 11.2. The van der Waals surface area contributed by atoms with E-state index in [1.165, 1.54) is 54.6 Å². The summed E-state index contributed by atoms with van der Waals surface area (Å²) in [6, 6.07) is 104. The first-order chi connectivity index (χ1) is 40.6. The van der Waals surface area contributed by atoms with Crippen molar-refractivity contribution in [2.45, 2.75) is 6.17 Å². The summed E-state index contributed by atoms with van der Waals surface area (Å²) in [5.41, 5.74) is 19.3. The topological polar surface area (TPSA) is 54.8 Å². The molecule has 1 unspecified atom stereocenters. The van der Waals surface area contributed by atoms with E-state index in [0.717, 1.165) is 94.6 Å². The van der Waals surface area contributed by atoms with Gasteiger partial charge >= 0.3 is 0 Å². The molecular formula is C77H50N4O. The SMILES string of the molecule is c1ccc(-c2ccc(-c3ccc(C4=NC(c5ccc(-n6c7cc8ccccc8cc7c7c8ccccc8ccc76)cc5-c5cccc6oc7ccccc7c56)=NC(c5ccc(-c6ccc(-c7ccccc7)cc6)cc5)N4)cc3)cc2)cc1. The average Bonchev–Trinajstić information content (AvgIpc) is 3.29. The van der Waals surface area contributed by atoms with Gasteiger partial charge in [-0.15, -0.1) is 0 Å². The number of furan rings is 1. The van der Waals surface area contributed by atoms with Crippen LogP contribution in [0.2, 0.25) is 0 Å². The van der Waals surface area contributed by atoms with Crippen molar-refractivity contribution in [1.29, 1.82) is 0 Å². The van der Waals surface area contributed by atoms with Gasteiger partial charge in [0, 0.05) is 38.4 Å². The van der Waals surface area contributed by atoms with Crippen LogP contribution in [0.15, 0.2) is 306 Å². The lowest BCUT2D eigenvalue weighted by Gasteiger charge is -2.25. The van der Waals surface area contributed by atoms with Gasteiger partial charge in [0.2, 0.25) is 0 Å². The van der Waals surface area contributed by atoms with E-state index in [0.29, 0.717) is 5.84 Å². The molecule has 0 aliphatic carbocycles. The lowest BCUT2D eigenvalue weighted by atomic mass is 9.93. The van der Waals surface area contributed by atoms with Gasteiger partial charge in [-0.25, -0.2) is 9.98 Å². The zero-order chi connectivity index (χ0) is 54.1. The number of benzene rings is 13. The van der Waals surface area contributed by atoms with Crippen molar-refractivity contribution in [3.8, 4) is 61.3 Å². The normalized spacial score (nSPS) is 13.5. The van der Waals surface area contributed by atoms with Gasteiger partial charge in [0.15, 0.2) is 5.84 Å². The van der Waals surface area contributed by atoms with Gasteiger partial charge in [0.1, 0.15) is 23.2 Å². The average molecular weight is 1050 g/mol. The van der Waals surface area contributed by atoms with Gasteiger partial charge in [0.05, 0.1) is 11.0 Å². The number of nitrogens with zero attached hydrogens (tertiary/aromatic N) is 3. The molecule has 3 heterocycles. The van der Waals surface area contributed by atoms with Crippen molar-refractivity contribution < 1.29 is 4.42 Å². The summed E-state index contributed by atoms with van der Waals surface area (Å²) in [6.45, 7) is 0. The zero-order valence-electron chi connectivity index (χ0n) is 44.5. The summed E-state index contributed by atoms with van der Waals surface area (Å²) >= 11 is 0. The number of fused-ring (bicyclic) bond motifs is 9. The summed E-state index contributed by atoms with van der Waals surface area (Å²) < 4.78 is 9.06. The Morgan fingerprint density at radius 1 is 0.329 bits per heavy atom. The minimum atomic E-state index is -0.459. The van der Waals surface area contributed by atoms with Gasteiger partial charge in [-0.3, -0.25) is 0 Å². The van der Waals surface area contributed by atoms with Crippen molar-refractivity contribution in [3.63, 3.8) is 0 Å². The molecule has 0 amide bonds. The maximum absolute atomic E-state index is 6.61. The van der Waals surface area contributed by atoms with E-state index < -0.39 is 6.17 Å². The third kappa shape index (κ3) is 8.17. The predicted octanol–water partition coefficient (Wildman–Crippen LogP) is 19.8. The molecule has 0 saturated carbocycles. The standard InChI is InChI=1S/C77H50N4O/c1-3-14-49(15-4-1)51-26-30-53(31-27-51)55-34-38-58(39-35-55)75-78-76(59-40-36-56(37-41-59)54-32-28-52(29-33-54)50-16-5-2-6-17-50)80-77(79-75)65-44-43-62(48-67(65)64-23-13-25-72-74(64)66-22-11-12-24-71(66)82-72)81-69-45-42-57-18-9-10-21-63(57)73(69)68-46-60-19-7-8-20-61(60)47-70(68)81/h1-48,75H,(H,78,79,80). The lowest BCUT2D eigenvalue weighted by Crippen LogP contribution is -2.33. The summed E-state index contributed by atoms with van der Waals surface area (Å²) in [6.07, 6.45) is -0.459. The predicted molar refractivity (Wildman–Crippen MR) is 342 cm³/mol.